The van der Waals surface area contributed by atoms with Crippen LogP contribution >= 0.6 is 0 Å². The molecule has 2 nitrogen and oxygen atoms in total. The Morgan fingerprint density at radius 1 is 1.38 bits per heavy atom. The Kier molecular flexibility index (Phi) is 3.50. The predicted octanol–water partition coefficient (Wildman–Crippen LogP) is 2.67. The van der Waals surface area contributed by atoms with Crippen LogP contribution in [0.1, 0.15) is 39.5 Å². The minimum atomic E-state index is -2.44. The van der Waals surface area contributed by atoms with E-state index in [0.717, 1.165) is 12.8 Å². The maximum atomic E-state index is 13.2. The Hall–Kier alpha value is -0.220. The molecular weight excluding hydrogens is 212 g/mol. The van der Waals surface area contributed by atoms with Crippen molar-refractivity contribution in [3.05, 3.63) is 0 Å². The highest BCUT2D eigenvalue weighted by atomic mass is 19.3. The highest BCUT2D eigenvalue weighted by molar-refractivity contribution is 4.94. The van der Waals surface area contributed by atoms with Crippen molar-refractivity contribution < 1.29 is 13.5 Å². The van der Waals surface area contributed by atoms with Gasteiger partial charge < -0.3 is 4.74 Å². The summed E-state index contributed by atoms with van der Waals surface area (Å²) in [5.74, 6) is -2.44. The van der Waals surface area contributed by atoms with Crippen molar-refractivity contribution in [2.45, 2.75) is 63.6 Å². The average molecular weight is 233 g/mol. The smallest absolute Gasteiger partial charge is 0.250 e. The first-order chi connectivity index (χ1) is 7.48. The van der Waals surface area contributed by atoms with Gasteiger partial charge in [-0.15, -0.1) is 0 Å². The number of rotatable bonds is 3. The maximum absolute atomic E-state index is 13.2. The van der Waals surface area contributed by atoms with Gasteiger partial charge in [0.2, 0.25) is 0 Å². The topological polar surface area (TPSA) is 12.5 Å². The summed E-state index contributed by atoms with van der Waals surface area (Å²) in [6.07, 6.45) is 2.20. The van der Waals surface area contributed by atoms with Gasteiger partial charge in [0.15, 0.2) is 0 Å². The zero-order valence-corrected chi connectivity index (χ0v) is 10.1. The molecule has 2 atom stereocenters. The lowest BCUT2D eigenvalue weighted by Crippen LogP contribution is -2.47. The molecule has 16 heavy (non-hydrogen) atoms. The molecule has 0 aromatic rings. The number of halogens is 2. The number of fused-ring (bicyclic) bond motifs is 1. The summed E-state index contributed by atoms with van der Waals surface area (Å²) in [6, 6.07) is 0.452. The second kappa shape index (κ2) is 4.57. The van der Waals surface area contributed by atoms with Crippen LogP contribution in [0.2, 0.25) is 0 Å². The molecule has 94 valence electrons. The van der Waals surface area contributed by atoms with Gasteiger partial charge >= 0.3 is 0 Å². The molecule has 0 aliphatic carbocycles. The third-order valence-electron chi connectivity index (χ3n) is 3.66. The lowest BCUT2D eigenvalue weighted by Gasteiger charge is -2.37. The Morgan fingerprint density at radius 3 is 2.81 bits per heavy atom. The lowest BCUT2D eigenvalue weighted by molar-refractivity contribution is -0.0824. The van der Waals surface area contributed by atoms with Crippen molar-refractivity contribution in [1.29, 1.82) is 0 Å². The Balaban J connectivity index is 1.87. The summed E-state index contributed by atoms with van der Waals surface area (Å²) in [5, 5.41) is 0. The van der Waals surface area contributed by atoms with Crippen LogP contribution < -0.4 is 0 Å². The molecule has 0 aromatic carbocycles. The van der Waals surface area contributed by atoms with E-state index in [9.17, 15) is 8.78 Å². The fraction of sp³-hybridized carbons (Fsp3) is 1.00. The minimum Gasteiger partial charge on any atom is -0.377 e. The summed E-state index contributed by atoms with van der Waals surface area (Å²) in [5.41, 5.74) is 0. The zero-order valence-electron chi connectivity index (χ0n) is 10.1. The van der Waals surface area contributed by atoms with Crippen LogP contribution in [0.25, 0.3) is 0 Å². The zero-order chi connectivity index (χ0) is 11.8. The van der Waals surface area contributed by atoms with E-state index in [-0.39, 0.29) is 25.0 Å². The van der Waals surface area contributed by atoms with Crippen LogP contribution in [0.15, 0.2) is 0 Å². The van der Waals surface area contributed by atoms with E-state index in [4.69, 9.17) is 4.74 Å². The van der Waals surface area contributed by atoms with Gasteiger partial charge in [-0.2, -0.15) is 0 Å². The molecule has 0 amide bonds. The predicted molar refractivity (Wildman–Crippen MR) is 58.8 cm³/mol. The third-order valence-corrected chi connectivity index (χ3v) is 3.66. The standard InChI is InChI=1S/C12H21F2NO/c1-9(2)16-8-11-4-3-10-7-12(13,14)5-6-15(10)11/h9-11H,3-8H2,1-2H3/t10-,11-/m0/s1. The summed E-state index contributed by atoms with van der Waals surface area (Å²) >= 11 is 0. The van der Waals surface area contributed by atoms with Gasteiger partial charge in [-0.05, 0) is 26.7 Å². The van der Waals surface area contributed by atoms with Crippen molar-refractivity contribution in [1.82, 2.24) is 4.90 Å². The normalized spacial score (nSPS) is 34.3. The molecule has 0 spiro atoms. The van der Waals surface area contributed by atoms with Crippen molar-refractivity contribution in [2.75, 3.05) is 13.2 Å². The second-order valence-corrected chi connectivity index (χ2v) is 5.31. The van der Waals surface area contributed by atoms with Crippen molar-refractivity contribution >= 4 is 0 Å². The minimum absolute atomic E-state index is 0.0156. The molecule has 0 radical (unpaired) electrons. The fourth-order valence-corrected chi connectivity index (χ4v) is 2.82. The number of nitrogens with zero attached hydrogens (tertiary/aromatic N) is 1. The molecule has 2 aliphatic rings. The molecule has 2 saturated heterocycles. The quantitative estimate of drug-likeness (QED) is 0.743. The van der Waals surface area contributed by atoms with Gasteiger partial charge in [0, 0.05) is 31.5 Å². The van der Waals surface area contributed by atoms with E-state index >= 15 is 0 Å². The molecule has 2 aliphatic heterocycles. The van der Waals surface area contributed by atoms with E-state index in [0.29, 0.717) is 19.2 Å². The molecule has 2 heterocycles. The fourth-order valence-electron chi connectivity index (χ4n) is 2.82. The summed E-state index contributed by atoms with van der Waals surface area (Å²) in [4.78, 5) is 2.24. The Morgan fingerprint density at radius 2 is 2.12 bits per heavy atom. The van der Waals surface area contributed by atoms with Gasteiger partial charge in [0.1, 0.15) is 0 Å². The number of piperidine rings is 1. The van der Waals surface area contributed by atoms with Crippen LogP contribution in [0.5, 0.6) is 0 Å². The van der Waals surface area contributed by atoms with Crippen LogP contribution in [0.3, 0.4) is 0 Å². The SMILES string of the molecule is CC(C)OC[C@@H]1CC[C@H]2CC(F)(F)CCN12. The Bertz CT molecular complexity index is 245. The van der Waals surface area contributed by atoms with Gasteiger partial charge in [-0.3, -0.25) is 4.90 Å². The van der Waals surface area contributed by atoms with Gasteiger partial charge in [0.05, 0.1) is 12.7 Å². The summed E-state index contributed by atoms with van der Waals surface area (Å²) < 4.78 is 32.0. The maximum Gasteiger partial charge on any atom is 0.250 e. The molecule has 0 unspecified atom stereocenters. The lowest BCUT2D eigenvalue weighted by atomic mass is 9.99. The summed E-state index contributed by atoms with van der Waals surface area (Å²) in [6.45, 7) is 5.25. The van der Waals surface area contributed by atoms with Crippen LogP contribution in [0.4, 0.5) is 8.78 Å². The van der Waals surface area contributed by atoms with Crippen molar-refractivity contribution in [3.8, 4) is 0 Å². The van der Waals surface area contributed by atoms with Gasteiger partial charge in [-0.25, -0.2) is 8.78 Å². The van der Waals surface area contributed by atoms with Crippen LogP contribution in [-0.2, 0) is 4.74 Å². The van der Waals surface area contributed by atoms with E-state index in [1.165, 1.54) is 0 Å². The number of alkyl halides is 2. The van der Waals surface area contributed by atoms with Gasteiger partial charge in [-0.1, -0.05) is 0 Å². The van der Waals surface area contributed by atoms with Crippen molar-refractivity contribution in [3.63, 3.8) is 0 Å². The largest absolute Gasteiger partial charge is 0.377 e. The van der Waals surface area contributed by atoms with Crippen molar-refractivity contribution in [2.24, 2.45) is 0 Å². The first-order valence-corrected chi connectivity index (χ1v) is 6.23. The van der Waals surface area contributed by atoms with Crippen LogP contribution in [0, 0.1) is 0 Å². The number of hydrogen-bond donors (Lipinski definition) is 0. The van der Waals surface area contributed by atoms with E-state index < -0.39 is 5.92 Å². The second-order valence-electron chi connectivity index (χ2n) is 5.31. The highest BCUT2D eigenvalue weighted by Gasteiger charge is 2.45. The molecule has 2 fully saturated rings. The van der Waals surface area contributed by atoms with Crippen LogP contribution in [-0.4, -0.2) is 42.2 Å². The molecule has 0 N–H and O–H groups in total. The average Bonchev–Trinajstić information content (AvgIpc) is 2.55. The molecule has 4 heteroatoms. The monoisotopic (exact) mass is 233 g/mol. The number of hydrogen-bond acceptors (Lipinski definition) is 2. The third kappa shape index (κ3) is 2.72. The first-order valence-electron chi connectivity index (χ1n) is 6.23. The molecule has 0 saturated carbocycles. The summed E-state index contributed by atoms with van der Waals surface area (Å²) in [7, 11) is 0. The molecular formula is C12H21F2NO. The molecule has 0 aromatic heterocycles. The van der Waals surface area contributed by atoms with E-state index in [2.05, 4.69) is 4.90 Å². The molecule has 0 bridgehead atoms. The highest BCUT2D eigenvalue weighted by Crippen LogP contribution is 2.39. The van der Waals surface area contributed by atoms with E-state index in [1.807, 2.05) is 13.8 Å². The first kappa shape index (κ1) is 12.2. The van der Waals surface area contributed by atoms with E-state index in [1.54, 1.807) is 0 Å². The Labute approximate surface area is 95.9 Å². The molecule has 2 rings (SSSR count). The number of ether oxygens (including phenoxy) is 1. The van der Waals surface area contributed by atoms with Gasteiger partial charge in [0.25, 0.3) is 5.92 Å².